The fourth-order valence-corrected chi connectivity index (χ4v) is 3.51. The topological polar surface area (TPSA) is 89.8 Å². The number of hydrogen-bond donors (Lipinski definition) is 4. The summed E-state index contributed by atoms with van der Waals surface area (Å²) < 4.78 is 0. The number of aliphatic hydroxyl groups excluding tert-OH is 3. The van der Waals surface area contributed by atoms with Gasteiger partial charge in [-0.2, -0.15) is 0 Å². The summed E-state index contributed by atoms with van der Waals surface area (Å²) in [5.74, 6) is -0.537. The number of unbranched alkanes of at least 4 members (excludes halogenated alkanes) is 9. The van der Waals surface area contributed by atoms with Gasteiger partial charge in [-0.05, 0) is 64.7 Å². The third-order valence-corrected chi connectivity index (χ3v) is 5.71. The summed E-state index contributed by atoms with van der Waals surface area (Å²) >= 11 is 0. The number of carbonyl (C=O) groups excluding carboxylic acids is 1. The molecule has 0 rings (SSSR count). The molecule has 0 aromatic carbocycles. The van der Waals surface area contributed by atoms with E-state index in [2.05, 4.69) is 42.6 Å². The molecule has 0 spiro atoms. The van der Waals surface area contributed by atoms with E-state index in [1.807, 2.05) is 19.1 Å². The molecule has 5 nitrogen and oxygen atoms in total. The van der Waals surface area contributed by atoms with Gasteiger partial charge in [0.15, 0.2) is 0 Å². The Kier molecular flexibility index (Phi) is 23.2. The van der Waals surface area contributed by atoms with Gasteiger partial charge in [-0.3, -0.25) is 4.79 Å². The van der Waals surface area contributed by atoms with Crippen LogP contribution in [0.15, 0.2) is 48.6 Å². The second-order valence-electron chi connectivity index (χ2n) is 8.89. The fourth-order valence-electron chi connectivity index (χ4n) is 3.51. The smallest absolute Gasteiger partial charge is 0.249 e. The van der Waals surface area contributed by atoms with Crippen LogP contribution in [0.25, 0.3) is 0 Å². The molecule has 3 atom stereocenters. The second kappa shape index (κ2) is 24.4. The van der Waals surface area contributed by atoms with Gasteiger partial charge in [-0.15, -0.1) is 0 Å². The van der Waals surface area contributed by atoms with Gasteiger partial charge in [0.25, 0.3) is 0 Å². The third kappa shape index (κ3) is 19.7. The van der Waals surface area contributed by atoms with Gasteiger partial charge >= 0.3 is 0 Å². The Balaban J connectivity index is 3.99. The van der Waals surface area contributed by atoms with Gasteiger partial charge in [0.05, 0.1) is 18.8 Å². The fraction of sp³-hybridized carbons (Fsp3) is 0.690. The van der Waals surface area contributed by atoms with E-state index in [1.54, 1.807) is 6.08 Å². The van der Waals surface area contributed by atoms with Crippen molar-refractivity contribution in [3.8, 4) is 0 Å². The molecular formula is C29H51NO4. The minimum Gasteiger partial charge on any atom is -0.394 e. The van der Waals surface area contributed by atoms with Crippen molar-refractivity contribution in [1.29, 1.82) is 0 Å². The maximum absolute atomic E-state index is 12.2. The Morgan fingerprint density at radius 3 is 1.94 bits per heavy atom. The van der Waals surface area contributed by atoms with Crippen LogP contribution in [0.1, 0.15) is 104 Å². The van der Waals surface area contributed by atoms with E-state index in [1.165, 1.54) is 25.7 Å². The highest BCUT2D eigenvalue weighted by Crippen LogP contribution is 2.10. The maximum Gasteiger partial charge on any atom is 0.249 e. The predicted octanol–water partition coefficient (Wildman–Crippen LogP) is 5.91. The van der Waals surface area contributed by atoms with Crippen LogP contribution in [-0.2, 0) is 4.79 Å². The van der Waals surface area contributed by atoms with E-state index in [-0.39, 0.29) is 6.61 Å². The number of aliphatic hydroxyl groups is 3. The molecule has 0 heterocycles. The SMILES string of the molecule is C/C=C/CC/C=C/CC/C=C/C(O)C(CO)NC(=O)C(O)CCCCCC/C=C\CCCCC. The van der Waals surface area contributed by atoms with Crippen LogP contribution in [0, 0.1) is 0 Å². The lowest BCUT2D eigenvalue weighted by atomic mass is 10.1. The second-order valence-corrected chi connectivity index (χ2v) is 8.89. The van der Waals surface area contributed by atoms with Crippen LogP contribution in [0.4, 0.5) is 0 Å². The minimum absolute atomic E-state index is 0.388. The van der Waals surface area contributed by atoms with Crippen molar-refractivity contribution >= 4 is 5.91 Å². The van der Waals surface area contributed by atoms with E-state index < -0.39 is 24.2 Å². The van der Waals surface area contributed by atoms with E-state index in [0.717, 1.165) is 57.8 Å². The molecule has 0 aliphatic heterocycles. The molecular weight excluding hydrogens is 426 g/mol. The van der Waals surface area contributed by atoms with Crippen LogP contribution in [0.3, 0.4) is 0 Å². The molecule has 196 valence electrons. The molecule has 0 aliphatic rings. The molecule has 0 aromatic heterocycles. The quantitative estimate of drug-likeness (QED) is 0.115. The van der Waals surface area contributed by atoms with Gasteiger partial charge in [0.2, 0.25) is 5.91 Å². The van der Waals surface area contributed by atoms with Gasteiger partial charge in [0, 0.05) is 0 Å². The zero-order chi connectivity index (χ0) is 25.3. The van der Waals surface area contributed by atoms with Crippen molar-refractivity contribution in [1.82, 2.24) is 5.32 Å². The molecule has 4 N–H and O–H groups in total. The molecule has 1 amide bonds. The minimum atomic E-state index is -1.11. The first kappa shape index (κ1) is 32.3. The first-order chi connectivity index (χ1) is 16.6. The zero-order valence-corrected chi connectivity index (χ0v) is 21.7. The summed E-state index contributed by atoms with van der Waals surface area (Å²) in [5, 5.41) is 32.5. The highest BCUT2D eigenvalue weighted by Gasteiger charge is 2.22. The van der Waals surface area contributed by atoms with E-state index >= 15 is 0 Å². The van der Waals surface area contributed by atoms with Crippen molar-refractivity contribution in [2.75, 3.05) is 6.61 Å². The van der Waals surface area contributed by atoms with Crippen molar-refractivity contribution in [3.63, 3.8) is 0 Å². The summed E-state index contributed by atoms with van der Waals surface area (Å²) in [6.07, 6.45) is 28.5. The molecule has 5 heteroatoms. The summed E-state index contributed by atoms with van der Waals surface area (Å²) in [6, 6.07) is -0.820. The number of nitrogens with one attached hydrogen (secondary N) is 1. The summed E-state index contributed by atoms with van der Waals surface area (Å²) in [6.45, 7) is 3.84. The molecule has 0 saturated carbocycles. The first-order valence-corrected chi connectivity index (χ1v) is 13.4. The van der Waals surface area contributed by atoms with Gasteiger partial charge in [0.1, 0.15) is 6.10 Å². The van der Waals surface area contributed by atoms with Crippen molar-refractivity contribution in [2.24, 2.45) is 0 Å². The first-order valence-electron chi connectivity index (χ1n) is 13.4. The molecule has 34 heavy (non-hydrogen) atoms. The molecule has 0 radical (unpaired) electrons. The van der Waals surface area contributed by atoms with Crippen LogP contribution < -0.4 is 5.32 Å². The summed E-state index contributed by atoms with van der Waals surface area (Å²) in [5.41, 5.74) is 0. The maximum atomic E-state index is 12.2. The van der Waals surface area contributed by atoms with Gasteiger partial charge < -0.3 is 20.6 Å². The van der Waals surface area contributed by atoms with E-state index in [9.17, 15) is 20.1 Å². The predicted molar refractivity (Wildman–Crippen MR) is 144 cm³/mol. The third-order valence-electron chi connectivity index (χ3n) is 5.71. The van der Waals surface area contributed by atoms with Crippen LogP contribution >= 0.6 is 0 Å². The lowest BCUT2D eigenvalue weighted by Crippen LogP contribution is -2.48. The van der Waals surface area contributed by atoms with Gasteiger partial charge in [-0.25, -0.2) is 0 Å². The highest BCUT2D eigenvalue weighted by atomic mass is 16.3. The number of amides is 1. The van der Waals surface area contributed by atoms with E-state index in [0.29, 0.717) is 6.42 Å². The Bertz CT molecular complexity index is 583. The normalized spacial score (nSPS) is 15.1. The van der Waals surface area contributed by atoms with Gasteiger partial charge in [-0.1, -0.05) is 87.6 Å². The zero-order valence-electron chi connectivity index (χ0n) is 21.7. The van der Waals surface area contributed by atoms with Crippen LogP contribution in [0.2, 0.25) is 0 Å². The number of allylic oxidation sites excluding steroid dienone is 7. The lowest BCUT2D eigenvalue weighted by Gasteiger charge is -2.21. The van der Waals surface area contributed by atoms with Crippen LogP contribution in [-0.4, -0.2) is 46.1 Å². The highest BCUT2D eigenvalue weighted by molar-refractivity contribution is 5.80. The Morgan fingerprint density at radius 2 is 1.32 bits per heavy atom. The molecule has 0 aromatic rings. The average molecular weight is 478 g/mol. The number of rotatable bonds is 22. The average Bonchev–Trinajstić information content (AvgIpc) is 2.84. The van der Waals surface area contributed by atoms with Crippen molar-refractivity contribution in [2.45, 2.75) is 122 Å². The summed E-state index contributed by atoms with van der Waals surface area (Å²) in [7, 11) is 0. The lowest BCUT2D eigenvalue weighted by molar-refractivity contribution is -0.131. The number of carbonyl (C=O) groups is 1. The molecule has 0 saturated heterocycles. The molecule has 0 aliphatic carbocycles. The Labute approximate surface area is 208 Å². The molecule has 3 unspecified atom stereocenters. The Hall–Kier alpha value is -1.69. The largest absolute Gasteiger partial charge is 0.394 e. The monoisotopic (exact) mass is 477 g/mol. The van der Waals surface area contributed by atoms with Crippen molar-refractivity contribution < 1.29 is 20.1 Å². The van der Waals surface area contributed by atoms with Crippen LogP contribution in [0.5, 0.6) is 0 Å². The molecule has 0 bridgehead atoms. The standard InChI is InChI=1S/C29H51NO4/c1-3-5-7-9-11-13-14-16-18-20-22-24-28(33)29(34)30-26(25-31)27(32)23-21-19-17-15-12-10-8-6-4-2/h4,6,11-13,15,21,23,26-28,31-33H,3,5,7-10,14,16-20,22,24-25H2,1-2H3,(H,30,34)/b6-4+,13-11-,15-12+,23-21+. The Morgan fingerprint density at radius 1 is 0.765 bits per heavy atom. The summed E-state index contributed by atoms with van der Waals surface area (Å²) in [4.78, 5) is 12.2. The van der Waals surface area contributed by atoms with E-state index in [4.69, 9.17) is 0 Å². The number of hydrogen-bond acceptors (Lipinski definition) is 4. The molecule has 0 fully saturated rings. The van der Waals surface area contributed by atoms with Crippen molar-refractivity contribution in [3.05, 3.63) is 48.6 Å².